The number of rotatable bonds is 9. The molecule has 0 saturated carbocycles. The number of methoxy groups -OCH3 is 1. The van der Waals surface area contributed by atoms with Crippen molar-refractivity contribution >= 4 is 21.0 Å². The summed E-state index contributed by atoms with van der Waals surface area (Å²) in [7, 11) is -2.10. The molecule has 0 fully saturated rings. The number of hydrogen-bond acceptors (Lipinski definition) is 7. The fourth-order valence-corrected chi connectivity index (χ4v) is 5.19. The molecule has 1 atom stereocenters. The van der Waals surface area contributed by atoms with Crippen molar-refractivity contribution in [3.05, 3.63) is 76.6 Å². The lowest BCUT2D eigenvalue weighted by Crippen LogP contribution is -2.31. The lowest BCUT2D eigenvalue weighted by molar-refractivity contribution is 0.310. The molecule has 0 spiro atoms. The molecule has 0 aliphatic rings. The molecule has 0 aliphatic heterocycles. The second kappa shape index (κ2) is 10.4. The maximum atomic E-state index is 14.5. The zero-order valence-electron chi connectivity index (χ0n) is 20.5. The predicted octanol–water partition coefficient (Wildman–Crippen LogP) is 3.57. The Kier molecular flexibility index (Phi) is 7.31. The molecule has 4 rings (SSSR count). The van der Waals surface area contributed by atoms with Crippen molar-refractivity contribution in [3.8, 4) is 28.7 Å². The molecule has 9 nitrogen and oxygen atoms in total. The first kappa shape index (κ1) is 25.9. The predicted molar refractivity (Wildman–Crippen MR) is 137 cm³/mol. The van der Waals surface area contributed by atoms with Crippen LogP contribution in [-0.4, -0.2) is 48.3 Å². The SMILES string of the molecule is CCOc1cc(C(CS(C)(=O)=O)n2c(=O)n(CC#N)c3cc(-c4ccccc4F)cnc32)ccc1OC. The van der Waals surface area contributed by atoms with E-state index in [2.05, 4.69) is 4.98 Å². The number of hydrogen-bond donors (Lipinski definition) is 0. The van der Waals surface area contributed by atoms with Gasteiger partial charge in [-0.3, -0.25) is 9.13 Å². The molecular weight excluding hydrogens is 499 g/mol. The molecule has 4 aromatic rings. The van der Waals surface area contributed by atoms with Crippen LogP contribution in [0.25, 0.3) is 22.3 Å². The Balaban J connectivity index is 1.99. The monoisotopic (exact) mass is 524 g/mol. The molecule has 0 saturated heterocycles. The van der Waals surface area contributed by atoms with E-state index in [9.17, 15) is 22.9 Å². The van der Waals surface area contributed by atoms with E-state index < -0.39 is 33.1 Å². The Hall–Kier alpha value is -4.17. The average molecular weight is 525 g/mol. The van der Waals surface area contributed by atoms with Crippen LogP contribution in [-0.2, 0) is 16.4 Å². The summed E-state index contributed by atoms with van der Waals surface area (Å²) in [4.78, 5) is 18.1. The fraction of sp³-hybridized carbons (Fsp3) is 0.269. The molecule has 0 amide bonds. The van der Waals surface area contributed by atoms with Crippen LogP contribution in [0.5, 0.6) is 11.5 Å². The lowest BCUT2D eigenvalue weighted by atomic mass is 10.1. The Morgan fingerprint density at radius 3 is 2.57 bits per heavy atom. The summed E-state index contributed by atoms with van der Waals surface area (Å²) in [5, 5.41) is 9.41. The van der Waals surface area contributed by atoms with Crippen molar-refractivity contribution < 1.29 is 22.3 Å². The van der Waals surface area contributed by atoms with Gasteiger partial charge in [0.2, 0.25) is 0 Å². The second-order valence-electron chi connectivity index (χ2n) is 8.39. The van der Waals surface area contributed by atoms with Crippen LogP contribution < -0.4 is 15.2 Å². The fourth-order valence-electron chi connectivity index (χ4n) is 4.28. The van der Waals surface area contributed by atoms with Crippen molar-refractivity contribution in [2.75, 3.05) is 25.7 Å². The van der Waals surface area contributed by atoms with Gasteiger partial charge < -0.3 is 9.47 Å². The van der Waals surface area contributed by atoms with Crippen LogP contribution in [0.15, 0.2) is 59.5 Å². The van der Waals surface area contributed by atoms with Gasteiger partial charge in [0.05, 0.1) is 37.1 Å². The Labute approximate surface area is 213 Å². The summed E-state index contributed by atoms with van der Waals surface area (Å²) < 4.78 is 52.9. The van der Waals surface area contributed by atoms with Crippen LogP contribution in [0.1, 0.15) is 18.5 Å². The molecule has 0 radical (unpaired) electrons. The molecule has 192 valence electrons. The van der Waals surface area contributed by atoms with Gasteiger partial charge in [0.15, 0.2) is 17.1 Å². The van der Waals surface area contributed by atoms with Crippen LogP contribution in [0.4, 0.5) is 4.39 Å². The summed E-state index contributed by atoms with van der Waals surface area (Å²) in [6, 6.07) is 13.6. The maximum Gasteiger partial charge on any atom is 0.331 e. The van der Waals surface area contributed by atoms with Crippen LogP contribution in [0, 0.1) is 17.1 Å². The number of fused-ring (bicyclic) bond motifs is 1. The Morgan fingerprint density at radius 1 is 1.16 bits per heavy atom. The van der Waals surface area contributed by atoms with E-state index >= 15 is 0 Å². The van der Waals surface area contributed by atoms with Crippen LogP contribution >= 0.6 is 0 Å². The largest absolute Gasteiger partial charge is 0.493 e. The third kappa shape index (κ3) is 5.20. The summed E-state index contributed by atoms with van der Waals surface area (Å²) in [5.41, 5.74) is 1.01. The quantitative estimate of drug-likeness (QED) is 0.329. The lowest BCUT2D eigenvalue weighted by Gasteiger charge is -2.20. The van der Waals surface area contributed by atoms with Gasteiger partial charge in [-0.1, -0.05) is 24.3 Å². The summed E-state index contributed by atoms with van der Waals surface area (Å²) in [5.74, 6) is -0.0261. The van der Waals surface area contributed by atoms with Crippen LogP contribution in [0.2, 0.25) is 0 Å². The van der Waals surface area contributed by atoms with E-state index in [0.29, 0.717) is 29.2 Å². The van der Waals surface area contributed by atoms with Gasteiger partial charge in [0.25, 0.3) is 0 Å². The number of sulfone groups is 1. The van der Waals surface area contributed by atoms with Gasteiger partial charge in [0, 0.05) is 23.6 Å². The summed E-state index contributed by atoms with van der Waals surface area (Å²) in [6.45, 7) is 1.85. The summed E-state index contributed by atoms with van der Waals surface area (Å²) >= 11 is 0. The van der Waals surface area contributed by atoms with Gasteiger partial charge in [0.1, 0.15) is 22.2 Å². The highest BCUT2D eigenvalue weighted by Gasteiger charge is 2.27. The third-order valence-corrected chi connectivity index (χ3v) is 6.78. The van der Waals surface area contributed by atoms with Gasteiger partial charge in [-0.05, 0) is 36.8 Å². The van der Waals surface area contributed by atoms with Crippen molar-refractivity contribution in [3.63, 3.8) is 0 Å². The minimum absolute atomic E-state index is 0.169. The first-order valence-corrected chi connectivity index (χ1v) is 13.5. The first-order valence-electron chi connectivity index (χ1n) is 11.4. The highest BCUT2D eigenvalue weighted by molar-refractivity contribution is 7.90. The standard InChI is InChI=1S/C26H25FN4O5S/c1-4-36-24-14-17(9-10-23(24)35-2)22(16-37(3,33)34)31-25-21(30(12-11-28)26(31)32)13-18(15-29-25)19-7-5-6-8-20(19)27/h5-10,13-15,22H,4,12,16H2,1-3H3. The number of benzene rings is 2. The van der Waals surface area contributed by atoms with Gasteiger partial charge >= 0.3 is 5.69 Å². The molecule has 0 bridgehead atoms. The number of imidazole rings is 1. The number of pyridine rings is 1. The molecule has 37 heavy (non-hydrogen) atoms. The average Bonchev–Trinajstić information content (AvgIpc) is 3.13. The number of ether oxygens (including phenoxy) is 2. The van der Waals surface area contributed by atoms with E-state index in [4.69, 9.17) is 9.47 Å². The van der Waals surface area contributed by atoms with E-state index in [-0.39, 0.29) is 23.3 Å². The third-order valence-electron chi connectivity index (χ3n) is 5.86. The topological polar surface area (TPSA) is 116 Å². The highest BCUT2D eigenvalue weighted by atomic mass is 32.2. The highest BCUT2D eigenvalue weighted by Crippen LogP contribution is 2.33. The van der Waals surface area contributed by atoms with E-state index in [1.165, 1.54) is 28.5 Å². The normalized spacial score (nSPS) is 12.3. The Morgan fingerprint density at radius 2 is 1.92 bits per heavy atom. The minimum Gasteiger partial charge on any atom is -0.493 e. The van der Waals surface area contributed by atoms with Crippen molar-refractivity contribution in [2.24, 2.45) is 0 Å². The second-order valence-corrected chi connectivity index (χ2v) is 10.6. The maximum absolute atomic E-state index is 14.5. The molecule has 2 heterocycles. The number of nitrogens with zero attached hydrogens (tertiary/aromatic N) is 4. The first-order chi connectivity index (χ1) is 17.7. The van der Waals surface area contributed by atoms with Crippen molar-refractivity contribution in [2.45, 2.75) is 19.5 Å². The molecule has 1 unspecified atom stereocenters. The van der Waals surface area contributed by atoms with Crippen molar-refractivity contribution in [1.29, 1.82) is 5.26 Å². The molecule has 0 aliphatic carbocycles. The minimum atomic E-state index is -3.59. The van der Waals surface area contributed by atoms with Gasteiger partial charge in [-0.25, -0.2) is 22.6 Å². The molecule has 2 aromatic carbocycles. The summed E-state index contributed by atoms with van der Waals surface area (Å²) in [6.07, 6.45) is 2.50. The smallest absolute Gasteiger partial charge is 0.331 e. The van der Waals surface area contributed by atoms with E-state index in [0.717, 1.165) is 6.26 Å². The molecule has 0 N–H and O–H groups in total. The number of halogens is 1. The number of aromatic nitrogens is 3. The zero-order valence-corrected chi connectivity index (χ0v) is 21.3. The van der Waals surface area contributed by atoms with Gasteiger partial charge in [-0.2, -0.15) is 5.26 Å². The number of nitriles is 1. The van der Waals surface area contributed by atoms with Crippen LogP contribution in [0.3, 0.4) is 0 Å². The van der Waals surface area contributed by atoms with Gasteiger partial charge in [-0.15, -0.1) is 0 Å². The Bertz CT molecular complexity index is 1670. The molecule has 11 heteroatoms. The molecular formula is C26H25FN4O5S. The molecule has 2 aromatic heterocycles. The van der Waals surface area contributed by atoms with Crippen molar-refractivity contribution in [1.82, 2.24) is 14.1 Å². The van der Waals surface area contributed by atoms with E-state index in [1.807, 2.05) is 6.07 Å². The van der Waals surface area contributed by atoms with E-state index in [1.54, 1.807) is 49.4 Å². The zero-order chi connectivity index (χ0) is 26.7.